The number of hydrogen-bond acceptors (Lipinski definition) is 4. The van der Waals surface area contributed by atoms with Crippen molar-refractivity contribution in [1.82, 2.24) is 0 Å². The van der Waals surface area contributed by atoms with Crippen molar-refractivity contribution in [1.29, 1.82) is 0 Å². The largest absolute Gasteiger partial charge is 0.508 e. The number of phenolic OH excluding ortho intramolecular Hbond substituents is 1. The number of hydrogen-bond donors (Lipinski definition) is 3. The van der Waals surface area contributed by atoms with Crippen molar-refractivity contribution >= 4 is 23.9 Å². The van der Waals surface area contributed by atoms with Crippen molar-refractivity contribution in [3.05, 3.63) is 23.8 Å². The molecule has 14 heavy (non-hydrogen) atoms. The summed E-state index contributed by atoms with van der Waals surface area (Å²) in [6, 6.07) is 4.29. The van der Waals surface area contributed by atoms with Gasteiger partial charge in [-0.1, -0.05) is 0 Å². The van der Waals surface area contributed by atoms with Gasteiger partial charge in [-0.25, -0.2) is 0 Å². The van der Waals surface area contributed by atoms with Crippen LogP contribution in [0.4, 0.5) is 5.69 Å². The standard InChI is InChI=1S/C9H12N2O2.ClH/c10-4-3-9(13)7-5-6(12)1-2-8(7)11;/h1-2,5,12H,3-4,10-11H2;1H. The van der Waals surface area contributed by atoms with Gasteiger partial charge in [0.05, 0.1) is 0 Å². The zero-order chi connectivity index (χ0) is 9.84. The van der Waals surface area contributed by atoms with E-state index in [9.17, 15) is 4.79 Å². The van der Waals surface area contributed by atoms with Crippen molar-refractivity contribution in [2.24, 2.45) is 5.73 Å². The maximum absolute atomic E-state index is 11.3. The van der Waals surface area contributed by atoms with Crippen molar-refractivity contribution in [2.45, 2.75) is 6.42 Å². The Morgan fingerprint density at radius 1 is 1.43 bits per heavy atom. The molecule has 0 unspecified atom stereocenters. The number of ketones is 1. The highest BCUT2D eigenvalue weighted by Crippen LogP contribution is 2.19. The fraction of sp³-hybridized carbons (Fsp3) is 0.222. The van der Waals surface area contributed by atoms with Gasteiger partial charge in [-0.3, -0.25) is 4.79 Å². The van der Waals surface area contributed by atoms with E-state index in [2.05, 4.69) is 0 Å². The van der Waals surface area contributed by atoms with E-state index in [0.717, 1.165) is 0 Å². The summed E-state index contributed by atoms with van der Waals surface area (Å²) < 4.78 is 0. The summed E-state index contributed by atoms with van der Waals surface area (Å²) >= 11 is 0. The lowest BCUT2D eigenvalue weighted by Gasteiger charge is -2.03. The number of halogens is 1. The van der Waals surface area contributed by atoms with E-state index < -0.39 is 0 Å². The highest BCUT2D eigenvalue weighted by atomic mass is 35.5. The molecular weight excluding hydrogens is 204 g/mol. The summed E-state index contributed by atoms with van der Waals surface area (Å²) in [7, 11) is 0. The first-order valence-corrected chi connectivity index (χ1v) is 3.97. The number of nitrogen functional groups attached to an aromatic ring is 1. The summed E-state index contributed by atoms with van der Waals surface area (Å²) in [5.41, 5.74) is 11.5. The maximum atomic E-state index is 11.3. The average Bonchev–Trinajstić information content (AvgIpc) is 2.09. The van der Waals surface area contributed by atoms with Crippen LogP contribution in [0.15, 0.2) is 18.2 Å². The quantitative estimate of drug-likeness (QED) is 0.398. The van der Waals surface area contributed by atoms with E-state index >= 15 is 0 Å². The third-order valence-electron chi connectivity index (χ3n) is 1.71. The number of anilines is 1. The third-order valence-corrected chi connectivity index (χ3v) is 1.71. The molecule has 0 heterocycles. The predicted molar refractivity (Wildman–Crippen MR) is 57.8 cm³/mol. The van der Waals surface area contributed by atoms with E-state index in [4.69, 9.17) is 16.6 Å². The van der Waals surface area contributed by atoms with Crippen molar-refractivity contribution in [2.75, 3.05) is 12.3 Å². The molecule has 78 valence electrons. The van der Waals surface area contributed by atoms with Gasteiger partial charge in [-0.15, -0.1) is 12.4 Å². The Hall–Kier alpha value is -1.26. The molecule has 0 aliphatic rings. The molecule has 0 bridgehead atoms. The van der Waals surface area contributed by atoms with Crippen LogP contribution >= 0.6 is 12.4 Å². The molecule has 1 rings (SSSR count). The van der Waals surface area contributed by atoms with Gasteiger partial charge in [0, 0.05) is 17.7 Å². The van der Waals surface area contributed by atoms with Gasteiger partial charge in [-0.05, 0) is 24.7 Å². The van der Waals surface area contributed by atoms with Crippen LogP contribution in [0.5, 0.6) is 5.75 Å². The minimum atomic E-state index is -0.143. The number of phenols is 1. The maximum Gasteiger partial charge on any atom is 0.166 e. The Kier molecular flexibility index (Phi) is 4.97. The van der Waals surface area contributed by atoms with E-state index in [-0.39, 0.29) is 36.9 Å². The zero-order valence-corrected chi connectivity index (χ0v) is 8.38. The van der Waals surface area contributed by atoms with Crippen LogP contribution in [-0.4, -0.2) is 17.4 Å². The monoisotopic (exact) mass is 216 g/mol. The molecule has 0 saturated carbocycles. The SMILES string of the molecule is Cl.NCCC(=O)c1cc(O)ccc1N. The number of carbonyl (C=O) groups is 1. The van der Waals surface area contributed by atoms with Crippen LogP contribution in [0.3, 0.4) is 0 Å². The van der Waals surface area contributed by atoms with Crippen LogP contribution < -0.4 is 11.5 Å². The molecule has 0 atom stereocenters. The van der Waals surface area contributed by atoms with E-state index in [1.807, 2.05) is 0 Å². The van der Waals surface area contributed by atoms with Crippen LogP contribution in [0.2, 0.25) is 0 Å². The normalized spacial score (nSPS) is 9.21. The lowest BCUT2D eigenvalue weighted by molar-refractivity contribution is 0.0986. The highest BCUT2D eigenvalue weighted by molar-refractivity contribution is 6.01. The van der Waals surface area contributed by atoms with Crippen molar-refractivity contribution < 1.29 is 9.90 Å². The van der Waals surface area contributed by atoms with E-state index in [0.29, 0.717) is 11.3 Å². The van der Waals surface area contributed by atoms with E-state index in [1.54, 1.807) is 0 Å². The Morgan fingerprint density at radius 2 is 2.07 bits per heavy atom. The van der Waals surface area contributed by atoms with Gasteiger partial charge in [0.1, 0.15) is 5.75 Å². The molecule has 0 spiro atoms. The topological polar surface area (TPSA) is 89.3 Å². The molecule has 0 saturated heterocycles. The van der Waals surface area contributed by atoms with Gasteiger partial charge in [0.15, 0.2) is 5.78 Å². The minimum Gasteiger partial charge on any atom is -0.508 e. The molecule has 0 radical (unpaired) electrons. The van der Waals surface area contributed by atoms with Crippen molar-refractivity contribution in [3.8, 4) is 5.75 Å². The molecule has 0 fully saturated rings. The van der Waals surface area contributed by atoms with Crippen LogP contribution in [0.1, 0.15) is 16.8 Å². The molecule has 0 aliphatic heterocycles. The van der Waals surface area contributed by atoms with Gasteiger partial charge in [0.2, 0.25) is 0 Å². The number of rotatable bonds is 3. The van der Waals surface area contributed by atoms with Gasteiger partial charge in [0.25, 0.3) is 0 Å². The molecule has 5 N–H and O–H groups in total. The molecule has 0 aromatic heterocycles. The van der Waals surface area contributed by atoms with Gasteiger partial charge in [-0.2, -0.15) is 0 Å². The molecule has 5 heteroatoms. The molecule has 1 aromatic rings. The van der Waals surface area contributed by atoms with Gasteiger partial charge >= 0.3 is 0 Å². The second-order valence-corrected chi connectivity index (χ2v) is 2.73. The lowest BCUT2D eigenvalue weighted by atomic mass is 10.1. The Balaban J connectivity index is 0.00000169. The number of benzene rings is 1. The summed E-state index contributed by atoms with van der Waals surface area (Å²) in [6.45, 7) is 0.286. The first kappa shape index (κ1) is 12.7. The van der Waals surface area contributed by atoms with E-state index in [1.165, 1.54) is 18.2 Å². The molecule has 0 aliphatic carbocycles. The summed E-state index contributed by atoms with van der Waals surface area (Å²) in [4.78, 5) is 11.3. The molecular formula is C9H13ClN2O2. The van der Waals surface area contributed by atoms with Crippen LogP contribution in [0.25, 0.3) is 0 Å². The Morgan fingerprint density at radius 3 is 2.64 bits per heavy atom. The zero-order valence-electron chi connectivity index (χ0n) is 7.56. The molecule has 4 nitrogen and oxygen atoms in total. The van der Waals surface area contributed by atoms with Crippen molar-refractivity contribution in [3.63, 3.8) is 0 Å². The molecule has 1 aromatic carbocycles. The number of nitrogens with two attached hydrogens (primary N) is 2. The number of Topliss-reactive ketones (excluding diaryl/α,β-unsaturated/α-hetero) is 1. The second-order valence-electron chi connectivity index (χ2n) is 2.73. The summed E-state index contributed by atoms with van der Waals surface area (Å²) in [6.07, 6.45) is 0.244. The molecule has 0 amide bonds. The average molecular weight is 217 g/mol. The summed E-state index contributed by atoms with van der Waals surface area (Å²) in [5.74, 6) is -0.106. The smallest absolute Gasteiger partial charge is 0.166 e. The predicted octanol–water partition coefficient (Wildman–Crippen LogP) is 0.928. The minimum absolute atomic E-state index is 0. The van der Waals surface area contributed by atoms with Crippen LogP contribution in [-0.2, 0) is 0 Å². The number of carbonyl (C=O) groups excluding carboxylic acids is 1. The second kappa shape index (κ2) is 5.47. The Bertz CT molecular complexity index is 329. The number of aromatic hydroxyl groups is 1. The fourth-order valence-electron chi connectivity index (χ4n) is 1.05. The fourth-order valence-corrected chi connectivity index (χ4v) is 1.05. The van der Waals surface area contributed by atoms with Gasteiger partial charge < -0.3 is 16.6 Å². The lowest BCUT2D eigenvalue weighted by Crippen LogP contribution is -2.09. The highest BCUT2D eigenvalue weighted by Gasteiger charge is 2.08. The first-order chi connectivity index (χ1) is 6.15. The third kappa shape index (κ3) is 2.90. The summed E-state index contributed by atoms with van der Waals surface area (Å²) in [5, 5.41) is 9.12. The van der Waals surface area contributed by atoms with Crippen LogP contribution in [0, 0.1) is 0 Å². The Labute approximate surface area is 88.3 Å². The first-order valence-electron chi connectivity index (χ1n) is 3.97.